The van der Waals surface area contributed by atoms with Gasteiger partial charge in [0, 0.05) is 34.3 Å². The fraction of sp³-hybridized carbons (Fsp3) is 0.259. The minimum Gasteiger partial charge on any atom is -0.457 e. The SMILES string of the molecule is C[C@@H]1CCCC[C@H]1N1C(=O)/C(=C/c2ccc(-c3ccc([N+](=O)[O-])cc3Br)o2)SC1=Nc1ccccc1. The van der Waals surface area contributed by atoms with E-state index in [-0.39, 0.29) is 17.6 Å². The fourth-order valence-electron chi connectivity index (χ4n) is 4.67. The number of carbonyl (C=O) groups is 1. The van der Waals surface area contributed by atoms with Gasteiger partial charge < -0.3 is 4.42 Å². The largest absolute Gasteiger partial charge is 0.457 e. The lowest BCUT2D eigenvalue weighted by molar-refractivity contribution is -0.384. The first-order valence-corrected chi connectivity index (χ1v) is 13.4. The van der Waals surface area contributed by atoms with Crippen molar-refractivity contribution in [1.82, 2.24) is 4.90 Å². The molecule has 184 valence electrons. The van der Waals surface area contributed by atoms with Crippen molar-refractivity contribution in [2.24, 2.45) is 10.9 Å². The summed E-state index contributed by atoms with van der Waals surface area (Å²) in [4.78, 5) is 31.5. The summed E-state index contributed by atoms with van der Waals surface area (Å²) in [6.07, 6.45) is 6.11. The highest BCUT2D eigenvalue weighted by Crippen LogP contribution is 2.41. The molecule has 5 rings (SSSR count). The van der Waals surface area contributed by atoms with Gasteiger partial charge in [-0.15, -0.1) is 0 Å². The number of nitrogens with zero attached hydrogens (tertiary/aromatic N) is 3. The van der Waals surface area contributed by atoms with Crippen molar-refractivity contribution >= 4 is 56.2 Å². The van der Waals surface area contributed by atoms with Crippen molar-refractivity contribution in [1.29, 1.82) is 0 Å². The summed E-state index contributed by atoms with van der Waals surface area (Å²) in [7, 11) is 0. The molecule has 2 heterocycles. The van der Waals surface area contributed by atoms with Crippen molar-refractivity contribution in [3.63, 3.8) is 0 Å². The summed E-state index contributed by atoms with van der Waals surface area (Å²) < 4.78 is 6.58. The van der Waals surface area contributed by atoms with Gasteiger partial charge in [0.2, 0.25) is 0 Å². The molecule has 2 atom stereocenters. The summed E-state index contributed by atoms with van der Waals surface area (Å²) in [5.41, 5.74) is 1.50. The van der Waals surface area contributed by atoms with Crippen molar-refractivity contribution in [2.45, 2.75) is 38.6 Å². The quantitative estimate of drug-likeness (QED) is 0.179. The van der Waals surface area contributed by atoms with Crippen LogP contribution in [0.3, 0.4) is 0 Å². The average Bonchev–Trinajstić information content (AvgIpc) is 3.44. The van der Waals surface area contributed by atoms with Gasteiger partial charge in [-0.05, 0) is 76.8 Å². The Morgan fingerprint density at radius 1 is 1.14 bits per heavy atom. The number of hydrogen-bond acceptors (Lipinski definition) is 6. The van der Waals surface area contributed by atoms with E-state index in [1.54, 1.807) is 24.3 Å². The van der Waals surface area contributed by atoms with Gasteiger partial charge in [-0.2, -0.15) is 0 Å². The summed E-state index contributed by atoms with van der Waals surface area (Å²) in [5.74, 6) is 1.43. The average molecular weight is 566 g/mol. The van der Waals surface area contributed by atoms with Crippen molar-refractivity contribution in [3.05, 3.63) is 85.9 Å². The second kappa shape index (κ2) is 10.4. The molecule has 2 aromatic carbocycles. The van der Waals surface area contributed by atoms with E-state index in [9.17, 15) is 14.9 Å². The predicted molar refractivity (Wildman–Crippen MR) is 146 cm³/mol. The molecule has 1 saturated heterocycles. The monoisotopic (exact) mass is 565 g/mol. The number of aliphatic imine (C=N–C) groups is 1. The van der Waals surface area contributed by atoms with Crippen LogP contribution < -0.4 is 0 Å². The van der Waals surface area contributed by atoms with Crippen LogP contribution in [0.15, 0.2) is 79.5 Å². The first-order chi connectivity index (χ1) is 17.4. The maximum absolute atomic E-state index is 13.6. The van der Waals surface area contributed by atoms with E-state index in [2.05, 4.69) is 22.9 Å². The van der Waals surface area contributed by atoms with Crippen LogP contribution >= 0.6 is 27.7 Å². The summed E-state index contributed by atoms with van der Waals surface area (Å²) >= 11 is 4.76. The lowest BCUT2D eigenvalue weighted by Crippen LogP contribution is -2.44. The first-order valence-electron chi connectivity index (χ1n) is 11.8. The maximum atomic E-state index is 13.6. The van der Waals surface area contributed by atoms with Crippen LogP contribution in [0.25, 0.3) is 17.4 Å². The molecule has 0 N–H and O–H groups in total. The number of halogens is 1. The topological polar surface area (TPSA) is 89.0 Å². The predicted octanol–water partition coefficient (Wildman–Crippen LogP) is 7.80. The van der Waals surface area contributed by atoms with Crippen molar-refractivity contribution in [3.8, 4) is 11.3 Å². The third-order valence-corrected chi connectivity index (χ3v) is 8.18. The number of nitro benzene ring substituents is 1. The Morgan fingerprint density at radius 2 is 1.92 bits per heavy atom. The first kappa shape index (κ1) is 24.5. The van der Waals surface area contributed by atoms with E-state index >= 15 is 0 Å². The third-order valence-electron chi connectivity index (χ3n) is 6.54. The molecule has 0 radical (unpaired) electrons. The zero-order chi connectivity index (χ0) is 25.2. The number of amidine groups is 1. The number of para-hydroxylation sites is 1. The molecule has 3 aromatic rings. The normalized spacial score (nSPS) is 22.5. The Morgan fingerprint density at radius 3 is 2.64 bits per heavy atom. The van der Waals surface area contributed by atoms with E-state index < -0.39 is 4.92 Å². The number of non-ortho nitro benzene ring substituents is 1. The van der Waals surface area contributed by atoms with Crippen molar-refractivity contribution < 1.29 is 14.1 Å². The molecule has 2 aliphatic rings. The molecule has 1 amide bonds. The highest BCUT2D eigenvalue weighted by Gasteiger charge is 2.41. The van der Waals surface area contributed by atoms with E-state index in [0.717, 1.165) is 24.9 Å². The van der Waals surface area contributed by atoms with E-state index in [0.29, 0.717) is 37.5 Å². The molecule has 1 aliphatic heterocycles. The molecule has 1 aliphatic carbocycles. The molecule has 1 saturated carbocycles. The lowest BCUT2D eigenvalue weighted by atomic mass is 9.85. The minimum absolute atomic E-state index is 0.00487. The number of amides is 1. The van der Waals surface area contributed by atoms with E-state index in [1.165, 1.54) is 30.3 Å². The number of nitro groups is 1. The van der Waals surface area contributed by atoms with Crippen molar-refractivity contribution in [2.75, 3.05) is 0 Å². The fourth-order valence-corrected chi connectivity index (χ4v) is 6.26. The molecular formula is C27H24BrN3O4S. The molecule has 0 spiro atoms. The molecule has 2 fully saturated rings. The number of benzene rings is 2. The van der Waals surface area contributed by atoms with Crippen LogP contribution in [0.4, 0.5) is 11.4 Å². The Kier molecular flexibility index (Phi) is 7.11. The van der Waals surface area contributed by atoms with Gasteiger partial charge in [-0.1, -0.05) is 38.0 Å². The van der Waals surface area contributed by atoms with Gasteiger partial charge in [-0.3, -0.25) is 19.8 Å². The minimum atomic E-state index is -0.442. The van der Waals surface area contributed by atoms with Crippen LogP contribution in [0.2, 0.25) is 0 Å². The maximum Gasteiger partial charge on any atom is 0.270 e. The van der Waals surface area contributed by atoms with Gasteiger partial charge >= 0.3 is 0 Å². The van der Waals surface area contributed by atoms with Crippen LogP contribution in [0, 0.1) is 16.0 Å². The number of furan rings is 1. The van der Waals surface area contributed by atoms with Gasteiger partial charge in [-0.25, -0.2) is 4.99 Å². The van der Waals surface area contributed by atoms with Gasteiger partial charge in [0.05, 0.1) is 15.5 Å². The van der Waals surface area contributed by atoms with E-state index in [1.807, 2.05) is 35.2 Å². The van der Waals surface area contributed by atoms with E-state index in [4.69, 9.17) is 9.41 Å². The molecule has 7 nitrogen and oxygen atoms in total. The van der Waals surface area contributed by atoms with Crippen LogP contribution in [0.1, 0.15) is 38.4 Å². The number of thioether (sulfide) groups is 1. The highest BCUT2D eigenvalue weighted by molar-refractivity contribution is 9.10. The Bertz CT molecular complexity index is 1370. The molecular weight excluding hydrogens is 542 g/mol. The zero-order valence-corrected chi connectivity index (χ0v) is 22.0. The lowest BCUT2D eigenvalue weighted by Gasteiger charge is -2.35. The Balaban J connectivity index is 1.46. The molecule has 0 bridgehead atoms. The van der Waals surface area contributed by atoms with Crippen LogP contribution in [-0.2, 0) is 4.79 Å². The Labute approximate surface area is 221 Å². The molecule has 1 aromatic heterocycles. The van der Waals surface area contributed by atoms with Gasteiger partial charge in [0.25, 0.3) is 11.6 Å². The molecule has 9 heteroatoms. The van der Waals surface area contributed by atoms with Gasteiger partial charge in [0.15, 0.2) is 5.17 Å². The second-order valence-corrected chi connectivity index (χ2v) is 10.8. The molecule has 36 heavy (non-hydrogen) atoms. The number of rotatable bonds is 5. The highest BCUT2D eigenvalue weighted by atomic mass is 79.9. The summed E-state index contributed by atoms with van der Waals surface area (Å²) in [6, 6.07) is 17.9. The van der Waals surface area contributed by atoms with Crippen LogP contribution in [0.5, 0.6) is 0 Å². The van der Waals surface area contributed by atoms with Crippen LogP contribution in [-0.4, -0.2) is 26.9 Å². The summed E-state index contributed by atoms with van der Waals surface area (Å²) in [6.45, 7) is 2.21. The summed E-state index contributed by atoms with van der Waals surface area (Å²) in [5, 5.41) is 11.7. The van der Waals surface area contributed by atoms with Gasteiger partial charge in [0.1, 0.15) is 11.5 Å². The second-order valence-electron chi connectivity index (χ2n) is 8.97. The number of carbonyl (C=O) groups excluding carboxylic acids is 1. The third kappa shape index (κ3) is 5.03. The smallest absolute Gasteiger partial charge is 0.270 e. The standard InChI is InChI=1S/C27H24BrN3O4S/c1-17-7-5-6-10-23(17)30-26(32)25(36-27(30)29-18-8-3-2-4-9-18)16-20-12-14-24(35-20)21-13-11-19(31(33)34)15-22(21)28/h2-4,8-9,11-17,23H,5-7,10H2,1H3/b25-16-,29-27?/t17-,23-/m1/s1. The number of hydrogen-bond donors (Lipinski definition) is 0. The Hall–Kier alpha value is -3.17. The zero-order valence-electron chi connectivity index (χ0n) is 19.6. The molecule has 0 unspecified atom stereocenters.